The minimum Gasteiger partial charge on any atom is -0.394 e. The van der Waals surface area contributed by atoms with Crippen LogP contribution in [0.15, 0.2) is 0 Å². The number of nitrogens with two attached hydrogens (primary N) is 1. The number of rotatable bonds is 6. The van der Waals surface area contributed by atoms with Crippen molar-refractivity contribution < 1.29 is 4.21 Å². The molecule has 1 aromatic heterocycles. The molecule has 0 bridgehead atoms. The SMILES string of the molecule is CCn1nc(C)c(N)c1NCCS(=O)CC. The van der Waals surface area contributed by atoms with Gasteiger partial charge >= 0.3 is 0 Å². The van der Waals surface area contributed by atoms with E-state index in [0.29, 0.717) is 23.7 Å². The summed E-state index contributed by atoms with van der Waals surface area (Å²) < 4.78 is 13.1. The van der Waals surface area contributed by atoms with E-state index in [-0.39, 0.29) is 0 Å². The zero-order chi connectivity index (χ0) is 12.1. The Morgan fingerprint density at radius 3 is 2.75 bits per heavy atom. The Hall–Kier alpha value is -1.04. The third kappa shape index (κ3) is 2.98. The van der Waals surface area contributed by atoms with Gasteiger partial charge in [0.25, 0.3) is 0 Å². The van der Waals surface area contributed by atoms with E-state index in [2.05, 4.69) is 10.4 Å². The lowest BCUT2D eigenvalue weighted by Gasteiger charge is -2.08. The minimum atomic E-state index is -0.742. The van der Waals surface area contributed by atoms with E-state index >= 15 is 0 Å². The first-order valence-corrected chi connectivity index (χ1v) is 7.00. The van der Waals surface area contributed by atoms with Gasteiger partial charge in [-0.3, -0.25) is 4.21 Å². The Labute approximate surface area is 98.9 Å². The predicted octanol–water partition coefficient (Wildman–Crippen LogP) is 0.974. The van der Waals surface area contributed by atoms with Gasteiger partial charge in [-0.25, -0.2) is 4.68 Å². The zero-order valence-electron chi connectivity index (χ0n) is 10.1. The molecule has 1 unspecified atom stereocenters. The van der Waals surface area contributed by atoms with Crippen LogP contribution < -0.4 is 11.1 Å². The summed E-state index contributed by atoms with van der Waals surface area (Å²) in [5.41, 5.74) is 7.43. The van der Waals surface area contributed by atoms with Crippen LogP contribution in [0.4, 0.5) is 11.5 Å². The third-order valence-corrected chi connectivity index (χ3v) is 3.72. The number of anilines is 2. The molecule has 0 aliphatic heterocycles. The van der Waals surface area contributed by atoms with Crippen LogP contribution in [0.2, 0.25) is 0 Å². The van der Waals surface area contributed by atoms with Gasteiger partial charge in [0, 0.05) is 35.4 Å². The highest BCUT2D eigenvalue weighted by molar-refractivity contribution is 7.84. The van der Waals surface area contributed by atoms with Crippen LogP contribution in [0.3, 0.4) is 0 Å². The first-order chi connectivity index (χ1) is 7.60. The fourth-order valence-electron chi connectivity index (χ4n) is 1.44. The summed E-state index contributed by atoms with van der Waals surface area (Å²) in [6, 6.07) is 0. The molecule has 0 saturated carbocycles. The molecule has 0 radical (unpaired) electrons. The van der Waals surface area contributed by atoms with Gasteiger partial charge in [0.15, 0.2) is 0 Å². The fraction of sp³-hybridized carbons (Fsp3) is 0.700. The van der Waals surface area contributed by atoms with Crippen molar-refractivity contribution in [3.05, 3.63) is 5.69 Å². The van der Waals surface area contributed by atoms with Gasteiger partial charge in [-0.2, -0.15) is 5.10 Å². The molecule has 3 N–H and O–H groups in total. The van der Waals surface area contributed by atoms with Gasteiger partial charge in [-0.1, -0.05) is 6.92 Å². The van der Waals surface area contributed by atoms with Crippen molar-refractivity contribution in [2.75, 3.05) is 29.1 Å². The number of aryl methyl sites for hydroxylation is 2. The van der Waals surface area contributed by atoms with Gasteiger partial charge in [0.2, 0.25) is 0 Å². The van der Waals surface area contributed by atoms with E-state index in [0.717, 1.165) is 18.1 Å². The molecule has 5 nitrogen and oxygen atoms in total. The van der Waals surface area contributed by atoms with Crippen molar-refractivity contribution in [1.29, 1.82) is 0 Å². The first kappa shape index (κ1) is 13.0. The highest BCUT2D eigenvalue weighted by atomic mass is 32.2. The predicted molar refractivity (Wildman–Crippen MR) is 69.1 cm³/mol. The molecule has 1 heterocycles. The number of nitrogens with one attached hydrogen (secondary N) is 1. The van der Waals surface area contributed by atoms with Crippen molar-refractivity contribution in [3.8, 4) is 0 Å². The molecule has 1 atom stereocenters. The van der Waals surface area contributed by atoms with Crippen molar-refractivity contribution in [2.45, 2.75) is 27.3 Å². The molecule has 1 rings (SSSR count). The second kappa shape index (κ2) is 5.89. The van der Waals surface area contributed by atoms with Crippen LogP contribution in [0.1, 0.15) is 19.5 Å². The third-order valence-electron chi connectivity index (χ3n) is 2.42. The van der Waals surface area contributed by atoms with Crippen molar-refractivity contribution in [3.63, 3.8) is 0 Å². The number of aromatic nitrogens is 2. The molecule has 0 spiro atoms. The van der Waals surface area contributed by atoms with E-state index < -0.39 is 10.8 Å². The number of hydrogen-bond donors (Lipinski definition) is 2. The Kier molecular flexibility index (Phi) is 4.79. The fourth-order valence-corrected chi connectivity index (χ4v) is 2.06. The van der Waals surface area contributed by atoms with Gasteiger partial charge in [0.05, 0.1) is 11.4 Å². The Bertz CT molecular complexity index is 375. The molecule has 0 aromatic carbocycles. The maximum atomic E-state index is 11.3. The van der Waals surface area contributed by atoms with Crippen LogP contribution in [0.5, 0.6) is 0 Å². The molecule has 0 fully saturated rings. The van der Waals surface area contributed by atoms with Crippen LogP contribution >= 0.6 is 0 Å². The lowest BCUT2D eigenvalue weighted by atomic mass is 10.4. The summed E-state index contributed by atoms with van der Waals surface area (Å²) in [4.78, 5) is 0. The summed E-state index contributed by atoms with van der Waals surface area (Å²) in [6.07, 6.45) is 0. The van der Waals surface area contributed by atoms with E-state index in [1.807, 2.05) is 25.5 Å². The summed E-state index contributed by atoms with van der Waals surface area (Å²) in [6.45, 7) is 7.26. The molecular weight excluding hydrogens is 224 g/mol. The lowest BCUT2D eigenvalue weighted by molar-refractivity contribution is 0.658. The normalized spacial score (nSPS) is 12.7. The molecule has 6 heteroatoms. The van der Waals surface area contributed by atoms with Crippen molar-refractivity contribution >= 4 is 22.3 Å². The number of hydrogen-bond acceptors (Lipinski definition) is 4. The van der Waals surface area contributed by atoms with E-state index in [1.165, 1.54) is 0 Å². The molecule has 92 valence electrons. The van der Waals surface area contributed by atoms with E-state index in [9.17, 15) is 4.21 Å². The molecule has 0 aliphatic carbocycles. The van der Waals surface area contributed by atoms with Crippen LogP contribution in [-0.4, -0.2) is 32.0 Å². The molecule has 0 amide bonds. The summed E-state index contributed by atoms with van der Waals surface area (Å²) >= 11 is 0. The number of nitrogen functional groups attached to an aromatic ring is 1. The first-order valence-electron chi connectivity index (χ1n) is 5.51. The monoisotopic (exact) mass is 244 g/mol. The maximum absolute atomic E-state index is 11.3. The van der Waals surface area contributed by atoms with Crippen LogP contribution in [0.25, 0.3) is 0 Å². The summed E-state index contributed by atoms with van der Waals surface area (Å²) in [7, 11) is -0.742. The topological polar surface area (TPSA) is 72.9 Å². The lowest BCUT2D eigenvalue weighted by Crippen LogP contribution is -2.15. The van der Waals surface area contributed by atoms with Crippen molar-refractivity contribution in [1.82, 2.24) is 9.78 Å². The Morgan fingerprint density at radius 2 is 2.19 bits per heavy atom. The quantitative estimate of drug-likeness (QED) is 0.782. The van der Waals surface area contributed by atoms with Gasteiger partial charge in [0.1, 0.15) is 5.82 Å². The highest BCUT2D eigenvalue weighted by Gasteiger charge is 2.10. The van der Waals surface area contributed by atoms with Gasteiger partial charge in [-0.15, -0.1) is 0 Å². The molecule has 16 heavy (non-hydrogen) atoms. The molecule has 0 aliphatic rings. The van der Waals surface area contributed by atoms with Gasteiger partial charge < -0.3 is 11.1 Å². The Balaban J connectivity index is 2.62. The average Bonchev–Trinajstić information content (AvgIpc) is 2.56. The smallest absolute Gasteiger partial charge is 0.148 e. The maximum Gasteiger partial charge on any atom is 0.148 e. The van der Waals surface area contributed by atoms with E-state index in [4.69, 9.17) is 5.73 Å². The minimum absolute atomic E-state index is 0.643. The van der Waals surface area contributed by atoms with E-state index in [1.54, 1.807) is 0 Å². The number of nitrogens with zero attached hydrogens (tertiary/aromatic N) is 2. The van der Waals surface area contributed by atoms with Crippen LogP contribution in [0, 0.1) is 6.92 Å². The largest absolute Gasteiger partial charge is 0.394 e. The summed E-state index contributed by atoms with van der Waals surface area (Å²) in [5, 5.41) is 7.50. The highest BCUT2D eigenvalue weighted by Crippen LogP contribution is 2.21. The molecular formula is C10H20N4OS. The second-order valence-electron chi connectivity index (χ2n) is 3.52. The van der Waals surface area contributed by atoms with Gasteiger partial charge in [-0.05, 0) is 13.8 Å². The Morgan fingerprint density at radius 1 is 1.50 bits per heavy atom. The van der Waals surface area contributed by atoms with Crippen molar-refractivity contribution in [2.24, 2.45) is 0 Å². The van der Waals surface area contributed by atoms with Crippen LogP contribution in [-0.2, 0) is 17.3 Å². The average molecular weight is 244 g/mol. The molecule has 1 aromatic rings. The standard InChI is InChI=1S/C10H20N4OS/c1-4-14-10(9(11)8(3)13-14)12-6-7-16(15)5-2/h12H,4-7,11H2,1-3H3. The summed E-state index contributed by atoms with van der Waals surface area (Å²) in [5.74, 6) is 2.18. The second-order valence-corrected chi connectivity index (χ2v) is 5.39. The zero-order valence-corrected chi connectivity index (χ0v) is 10.9. The molecule has 0 saturated heterocycles.